The Hall–Kier alpha value is -2.99. The van der Waals surface area contributed by atoms with E-state index in [4.69, 9.17) is 18.6 Å². The maximum atomic E-state index is 5.65. The highest BCUT2D eigenvalue weighted by molar-refractivity contribution is 5.54. The Kier molecular flexibility index (Phi) is 4.98. The Balaban J connectivity index is 1.39. The number of benzene rings is 2. The summed E-state index contributed by atoms with van der Waals surface area (Å²) in [6.45, 7) is 2.67. The van der Waals surface area contributed by atoms with Crippen molar-refractivity contribution in [3.8, 4) is 28.7 Å². The molecule has 6 nitrogen and oxygen atoms in total. The third-order valence-electron chi connectivity index (χ3n) is 4.38. The molecule has 1 aliphatic heterocycles. The number of hydrogen-bond acceptors (Lipinski definition) is 6. The summed E-state index contributed by atoms with van der Waals surface area (Å²) >= 11 is 0. The second-order valence-corrected chi connectivity index (χ2v) is 6.52. The lowest BCUT2D eigenvalue weighted by Crippen LogP contribution is -2.18. The van der Waals surface area contributed by atoms with Gasteiger partial charge in [-0.25, -0.2) is 4.98 Å². The minimum Gasteiger partial charge on any atom is -0.497 e. The van der Waals surface area contributed by atoms with Crippen molar-refractivity contribution in [3.05, 3.63) is 60.0 Å². The Labute approximate surface area is 158 Å². The molecule has 0 unspecified atom stereocenters. The van der Waals surface area contributed by atoms with Gasteiger partial charge >= 0.3 is 0 Å². The number of oxazole rings is 1. The summed E-state index contributed by atoms with van der Waals surface area (Å²) in [5, 5.41) is 0. The molecule has 2 heterocycles. The summed E-state index contributed by atoms with van der Waals surface area (Å²) in [7, 11) is 3.70. The predicted octanol–water partition coefficient (Wildman–Crippen LogP) is 3.75. The van der Waals surface area contributed by atoms with Crippen LogP contribution in [0.15, 0.2) is 53.1 Å². The van der Waals surface area contributed by atoms with Gasteiger partial charge in [-0.3, -0.25) is 4.90 Å². The van der Waals surface area contributed by atoms with Crippen molar-refractivity contribution in [1.82, 2.24) is 9.88 Å². The number of nitrogens with zero attached hydrogens (tertiary/aromatic N) is 2. The summed E-state index contributed by atoms with van der Waals surface area (Å²) in [6, 6.07) is 13.7. The SMILES string of the molecule is COc1ccc(-c2nc(CN(C)Cc3ccc4c(c3)OCCO4)co2)cc1. The summed E-state index contributed by atoms with van der Waals surface area (Å²) in [6.07, 6.45) is 1.71. The van der Waals surface area contributed by atoms with Crippen LogP contribution in [0.5, 0.6) is 17.2 Å². The molecule has 2 aromatic carbocycles. The first-order valence-electron chi connectivity index (χ1n) is 8.87. The van der Waals surface area contributed by atoms with Crippen LogP contribution in [0.25, 0.3) is 11.5 Å². The molecule has 4 rings (SSSR count). The van der Waals surface area contributed by atoms with Crippen molar-refractivity contribution >= 4 is 0 Å². The molecule has 0 saturated carbocycles. The molecule has 0 amide bonds. The number of rotatable bonds is 6. The van der Waals surface area contributed by atoms with Gasteiger partial charge in [0.1, 0.15) is 25.2 Å². The van der Waals surface area contributed by atoms with Crippen LogP contribution in [-0.2, 0) is 13.1 Å². The smallest absolute Gasteiger partial charge is 0.226 e. The van der Waals surface area contributed by atoms with Gasteiger partial charge < -0.3 is 18.6 Å². The first-order valence-corrected chi connectivity index (χ1v) is 8.87. The van der Waals surface area contributed by atoms with Crippen LogP contribution in [0.4, 0.5) is 0 Å². The lowest BCUT2D eigenvalue weighted by atomic mass is 10.2. The molecule has 6 heteroatoms. The summed E-state index contributed by atoms with van der Waals surface area (Å²) in [5.74, 6) is 3.05. The fourth-order valence-corrected chi connectivity index (χ4v) is 3.08. The van der Waals surface area contributed by atoms with Crippen LogP contribution in [0, 0.1) is 0 Å². The largest absolute Gasteiger partial charge is 0.497 e. The van der Waals surface area contributed by atoms with Gasteiger partial charge in [0.2, 0.25) is 5.89 Å². The van der Waals surface area contributed by atoms with Crippen LogP contribution in [0.3, 0.4) is 0 Å². The van der Waals surface area contributed by atoms with Gasteiger partial charge in [0.15, 0.2) is 11.5 Å². The van der Waals surface area contributed by atoms with Crippen molar-refractivity contribution in [2.45, 2.75) is 13.1 Å². The average Bonchev–Trinajstić information content (AvgIpc) is 3.16. The fraction of sp³-hybridized carbons (Fsp3) is 0.286. The van der Waals surface area contributed by atoms with E-state index in [1.54, 1.807) is 13.4 Å². The van der Waals surface area contributed by atoms with Crippen molar-refractivity contribution < 1.29 is 18.6 Å². The second-order valence-electron chi connectivity index (χ2n) is 6.52. The highest BCUT2D eigenvalue weighted by Crippen LogP contribution is 2.31. The molecule has 1 aromatic heterocycles. The second kappa shape index (κ2) is 7.72. The minimum absolute atomic E-state index is 0.597. The monoisotopic (exact) mass is 366 g/mol. The summed E-state index contributed by atoms with van der Waals surface area (Å²) < 4.78 is 22.0. The molecule has 0 radical (unpaired) electrons. The quantitative estimate of drug-likeness (QED) is 0.662. The van der Waals surface area contributed by atoms with E-state index < -0.39 is 0 Å². The van der Waals surface area contributed by atoms with E-state index in [-0.39, 0.29) is 0 Å². The maximum absolute atomic E-state index is 5.65. The summed E-state index contributed by atoms with van der Waals surface area (Å²) in [5.41, 5.74) is 2.98. The van der Waals surface area contributed by atoms with Gasteiger partial charge in [0.05, 0.1) is 12.8 Å². The van der Waals surface area contributed by atoms with Crippen LogP contribution in [0.2, 0.25) is 0 Å². The zero-order chi connectivity index (χ0) is 18.6. The Bertz CT molecular complexity index is 905. The van der Waals surface area contributed by atoms with Crippen LogP contribution in [0.1, 0.15) is 11.3 Å². The normalized spacial score (nSPS) is 13.0. The molecule has 1 aliphatic rings. The van der Waals surface area contributed by atoms with E-state index in [9.17, 15) is 0 Å². The van der Waals surface area contributed by atoms with E-state index >= 15 is 0 Å². The lowest BCUT2D eigenvalue weighted by Gasteiger charge is -2.20. The number of ether oxygens (including phenoxy) is 3. The van der Waals surface area contributed by atoms with Crippen LogP contribution in [-0.4, -0.2) is 37.3 Å². The first-order chi connectivity index (χ1) is 13.2. The molecule has 0 atom stereocenters. The number of fused-ring (bicyclic) bond motifs is 1. The molecule has 140 valence electrons. The van der Waals surface area contributed by atoms with E-state index in [0.717, 1.165) is 35.1 Å². The van der Waals surface area contributed by atoms with Crippen molar-refractivity contribution in [2.24, 2.45) is 0 Å². The predicted molar refractivity (Wildman–Crippen MR) is 101 cm³/mol. The highest BCUT2D eigenvalue weighted by atomic mass is 16.6. The van der Waals surface area contributed by atoms with E-state index in [2.05, 4.69) is 23.0 Å². The van der Waals surface area contributed by atoms with Gasteiger partial charge in [-0.05, 0) is 49.0 Å². The molecule has 3 aromatic rings. The Morgan fingerprint density at radius 1 is 1.00 bits per heavy atom. The van der Waals surface area contributed by atoms with Gasteiger partial charge in [-0.15, -0.1) is 0 Å². The summed E-state index contributed by atoms with van der Waals surface area (Å²) in [4.78, 5) is 6.78. The van der Waals surface area contributed by atoms with Gasteiger partial charge in [0.25, 0.3) is 0 Å². The Morgan fingerprint density at radius 2 is 1.78 bits per heavy atom. The van der Waals surface area contributed by atoms with Crippen molar-refractivity contribution in [3.63, 3.8) is 0 Å². The molecule has 0 bridgehead atoms. The molecule has 0 spiro atoms. The molecule has 0 N–H and O–H groups in total. The lowest BCUT2D eigenvalue weighted by molar-refractivity contribution is 0.171. The number of aromatic nitrogens is 1. The third-order valence-corrected chi connectivity index (χ3v) is 4.38. The number of hydrogen-bond donors (Lipinski definition) is 0. The van der Waals surface area contributed by atoms with E-state index in [1.807, 2.05) is 36.4 Å². The van der Waals surface area contributed by atoms with E-state index in [0.29, 0.717) is 25.6 Å². The molecule has 0 aliphatic carbocycles. The zero-order valence-corrected chi connectivity index (χ0v) is 15.5. The van der Waals surface area contributed by atoms with Gasteiger partial charge in [-0.2, -0.15) is 0 Å². The van der Waals surface area contributed by atoms with Crippen LogP contribution < -0.4 is 14.2 Å². The van der Waals surface area contributed by atoms with Gasteiger partial charge in [-0.1, -0.05) is 6.07 Å². The molecule has 0 saturated heterocycles. The molecular formula is C21H22N2O4. The molecule has 0 fully saturated rings. The molecular weight excluding hydrogens is 344 g/mol. The average molecular weight is 366 g/mol. The van der Waals surface area contributed by atoms with E-state index in [1.165, 1.54) is 5.56 Å². The topological polar surface area (TPSA) is 57.0 Å². The zero-order valence-electron chi connectivity index (χ0n) is 15.5. The fourth-order valence-electron chi connectivity index (χ4n) is 3.08. The maximum Gasteiger partial charge on any atom is 0.226 e. The third kappa shape index (κ3) is 4.06. The van der Waals surface area contributed by atoms with Crippen molar-refractivity contribution in [1.29, 1.82) is 0 Å². The van der Waals surface area contributed by atoms with Gasteiger partial charge in [0, 0.05) is 18.7 Å². The first kappa shape index (κ1) is 17.4. The Morgan fingerprint density at radius 3 is 2.56 bits per heavy atom. The molecule has 27 heavy (non-hydrogen) atoms. The minimum atomic E-state index is 0.597. The highest BCUT2D eigenvalue weighted by Gasteiger charge is 2.13. The van der Waals surface area contributed by atoms with Crippen molar-refractivity contribution in [2.75, 3.05) is 27.4 Å². The number of methoxy groups -OCH3 is 1. The van der Waals surface area contributed by atoms with Crippen LogP contribution >= 0.6 is 0 Å². The standard InChI is InChI=1S/C21H22N2O4/c1-23(12-15-3-8-19-20(11-15)26-10-9-25-19)13-17-14-27-21(22-17)16-4-6-18(24-2)7-5-16/h3-8,11,14H,9-10,12-13H2,1-2H3.